The number of benzene rings is 2. The molecule has 0 spiro atoms. The first kappa shape index (κ1) is 14.4. The van der Waals surface area contributed by atoms with E-state index in [9.17, 15) is 8.42 Å². The molecule has 0 atom stereocenters. The molecule has 0 unspecified atom stereocenters. The van der Waals surface area contributed by atoms with E-state index in [-0.39, 0.29) is 5.75 Å². The molecule has 0 bridgehead atoms. The van der Waals surface area contributed by atoms with Crippen LogP contribution in [0.15, 0.2) is 47.4 Å². The molecular weight excluding hydrogens is 274 g/mol. The van der Waals surface area contributed by atoms with Crippen LogP contribution in [-0.2, 0) is 15.6 Å². The minimum atomic E-state index is -3.41. The second-order valence-corrected chi connectivity index (χ2v) is 6.55. The van der Waals surface area contributed by atoms with Crippen molar-refractivity contribution in [1.29, 1.82) is 0 Å². The molecule has 4 nitrogen and oxygen atoms in total. The van der Waals surface area contributed by atoms with Crippen LogP contribution in [0.3, 0.4) is 0 Å². The summed E-state index contributed by atoms with van der Waals surface area (Å²) in [5.41, 5.74) is 7.55. The van der Waals surface area contributed by atoms with E-state index >= 15 is 0 Å². The Kier molecular flexibility index (Phi) is 3.99. The predicted octanol–water partition coefficient (Wildman–Crippen LogP) is 2.56. The van der Waals surface area contributed by atoms with Crippen molar-refractivity contribution in [2.75, 3.05) is 12.8 Å². The fraction of sp³-hybridized carbons (Fsp3) is 0.200. The molecule has 0 saturated carbocycles. The SMILES string of the molecule is COc1cc(N)ccc1CS(=O)(=O)c1ccccc1C. The van der Waals surface area contributed by atoms with Crippen molar-refractivity contribution in [1.82, 2.24) is 0 Å². The second kappa shape index (κ2) is 5.54. The molecule has 0 aliphatic rings. The molecule has 20 heavy (non-hydrogen) atoms. The normalized spacial score (nSPS) is 11.3. The summed E-state index contributed by atoms with van der Waals surface area (Å²) in [5, 5.41) is 0. The monoisotopic (exact) mass is 291 g/mol. The van der Waals surface area contributed by atoms with Gasteiger partial charge >= 0.3 is 0 Å². The Morgan fingerprint density at radius 1 is 1.15 bits per heavy atom. The quantitative estimate of drug-likeness (QED) is 0.879. The van der Waals surface area contributed by atoms with Crippen LogP contribution in [0.2, 0.25) is 0 Å². The number of ether oxygens (including phenoxy) is 1. The molecule has 2 N–H and O–H groups in total. The fourth-order valence-electron chi connectivity index (χ4n) is 2.07. The number of methoxy groups -OCH3 is 1. The van der Waals surface area contributed by atoms with Crippen LogP contribution < -0.4 is 10.5 Å². The Labute approximate surface area is 119 Å². The van der Waals surface area contributed by atoms with Gasteiger partial charge in [-0.25, -0.2) is 8.42 Å². The van der Waals surface area contributed by atoms with Gasteiger partial charge in [-0.05, 0) is 24.6 Å². The summed E-state index contributed by atoms with van der Waals surface area (Å²) in [5.74, 6) is 0.378. The Bertz CT molecular complexity index is 724. The highest BCUT2D eigenvalue weighted by atomic mass is 32.2. The molecule has 2 rings (SSSR count). The molecule has 0 aliphatic heterocycles. The summed E-state index contributed by atoms with van der Waals surface area (Å²) >= 11 is 0. The van der Waals surface area contributed by atoms with Crippen LogP contribution in [-0.4, -0.2) is 15.5 Å². The van der Waals surface area contributed by atoms with Gasteiger partial charge < -0.3 is 10.5 Å². The van der Waals surface area contributed by atoms with Gasteiger partial charge in [0, 0.05) is 17.3 Å². The van der Waals surface area contributed by atoms with Gasteiger partial charge in [-0.15, -0.1) is 0 Å². The molecule has 2 aromatic carbocycles. The largest absolute Gasteiger partial charge is 0.496 e. The number of anilines is 1. The molecule has 0 aromatic heterocycles. The third kappa shape index (κ3) is 2.93. The van der Waals surface area contributed by atoms with Gasteiger partial charge in [-0.1, -0.05) is 24.3 Å². The van der Waals surface area contributed by atoms with Crippen molar-refractivity contribution < 1.29 is 13.2 Å². The maximum absolute atomic E-state index is 12.5. The Hall–Kier alpha value is -2.01. The van der Waals surface area contributed by atoms with E-state index < -0.39 is 9.84 Å². The summed E-state index contributed by atoms with van der Waals surface area (Å²) in [4.78, 5) is 0.346. The van der Waals surface area contributed by atoms with E-state index in [2.05, 4.69) is 0 Å². The first-order valence-electron chi connectivity index (χ1n) is 6.15. The maximum atomic E-state index is 12.5. The summed E-state index contributed by atoms with van der Waals surface area (Å²) in [6.07, 6.45) is 0. The summed E-state index contributed by atoms with van der Waals surface area (Å²) in [6, 6.07) is 11.9. The van der Waals surface area contributed by atoms with E-state index in [1.165, 1.54) is 7.11 Å². The van der Waals surface area contributed by atoms with E-state index in [0.29, 0.717) is 21.9 Å². The highest BCUT2D eigenvalue weighted by Gasteiger charge is 2.19. The summed E-state index contributed by atoms with van der Waals surface area (Å²) in [7, 11) is -1.91. The van der Waals surface area contributed by atoms with E-state index in [0.717, 1.165) is 5.56 Å². The maximum Gasteiger partial charge on any atom is 0.182 e. The third-order valence-electron chi connectivity index (χ3n) is 3.09. The predicted molar refractivity (Wildman–Crippen MR) is 79.5 cm³/mol. The molecule has 0 amide bonds. The lowest BCUT2D eigenvalue weighted by molar-refractivity contribution is 0.411. The lowest BCUT2D eigenvalue weighted by Crippen LogP contribution is -2.08. The number of nitrogens with two attached hydrogens (primary N) is 1. The molecule has 0 aliphatic carbocycles. The summed E-state index contributed by atoms with van der Waals surface area (Å²) < 4.78 is 30.2. The number of sulfone groups is 1. The van der Waals surface area contributed by atoms with Crippen LogP contribution in [0.5, 0.6) is 5.75 Å². The van der Waals surface area contributed by atoms with Crippen molar-refractivity contribution in [2.45, 2.75) is 17.6 Å². The smallest absolute Gasteiger partial charge is 0.182 e. The zero-order valence-electron chi connectivity index (χ0n) is 11.5. The molecule has 0 radical (unpaired) electrons. The zero-order chi connectivity index (χ0) is 14.8. The van der Waals surface area contributed by atoms with E-state index in [4.69, 9.17) is 10.5 Å². The molecule has 0 heterocycles. The van der Waals surface area contributed by atoms with Crippen LogP contribution >= 0.6 is 0 Å². The zero-order valence-corrected chi connectivity index (χ0v) is 12.3. The lowest BCUT2D eigenvalue weighted by atomic mass is 10.2. The van der Waals surface area contributed by atoms with Gasteiger partial charge in [0.2, 0.25) is 0 Å². The number of hydrogen-bond donors (Lipinski definition) is 1. The van der Waals surface area contributed by atoms with E-state index in [1.54, 1.807) is 43.3 Å². The van der Waals surface area contributed by atoms with Gasteiger partial charge in [0.15, 0.2) is 9.84 Å². The Morgan fingerprint density at radius 3 is 2.50 bits per heavy atom. The Balaban J connectivity index is 2.41. The van der Waals surface area contributed by atoms with Gasteiger partial charge in [-0.3, -0.25) is 0 Å². The van der Waals surface area contributed by atoms with Crippen molar-refractivity contribution >= 4 is 15.5 Å². The third-order valence-corrected chi connectivity index (χ3v) is 4.90. The van der Waals surface area contributed by atoms with Crippen LogP contribution in [0, 0.1) is 6.92 Å². The van der Waals surface area contributed by atoms with Gasteiger partial charge in [0.05, 0.1) is 17.8 Å². The van der Waals surface area contributed by atoms with Gasteiger partial charge in [-0.2, -0.15) is 0 Å². The van der Waals surface area contributed by atoms with Crippen LogP contribution in [0.4, 0.5) is 5.69 Å². The average molecular weight is 291 g/mol. The molecule has 0 saturated heterocycles. The fourth-order valence-corrected chi connectivity index (χ4v) is 3.72. The summed E-state index contributed by atoms with van der Waals surface area (Å²) in [6.45, 7) is 1.78. The molecule has 106 valence electrons. The second-order valence-electron chi connectivity index (χ2n) is 4.60. The lowest BCUT2D eigenvalue weighted by Gasteiger charge is -2.11. The number of aryl methyl sites for hydroxylation is 1. The molecule has 2 aromatic rings. The first-order valence-corrected chi connectivity index (χ1v) is 7.80. The topological polar surface area (TPSA) is 69.4 Å². The van der Waals surface area contributed by atoms with Crippen molar-refractivity contribution in [3.05, 3.63) is 53.6 Å². The number of nitrogen functional groups attached to an aromatic ring is 1. The highest BCUT2D eigenvalue weighted by Crippen LogP contribution is 2.27. The minimum absolute atomic E-state index is 0.110. The van der Waals surface area contributed by atoms with Crippen molar-refractivity contribution in [2.24, 2.45) is 0 Å². The first-order chi connectivity index (χ1) is 9.44. The molecule has 5 heteroatoms. The highest BCUT2D eigenvalue weighted by molar-refractivity contribution is 7.90. The van der Waals surface area contributed by atoms with Gasteiger partial charge in [0.1, 0.15) is 5.75 Å². The van der Waals surface area contributed by atoms with Crippen LogP contribution in [0.1, 0.15) is 11.1 Å². The van der Waals surface area contributed by atoms with Crippen molar-refractivity contribution in [3.63, 3.8) is 0 Å². The Morgan fingerprint density at radius 2 is 1.85 bits per heavy atom. The van der Waals surface area contributed by atoms with Crippen molar-refractivity contribution in [3.8, 4) is 5.75 Å². The van der Waals surface area contributed by atoms with Gasteiger partial charge in [0.25, 0.3) is 0 Å². The average Bonchev–Trinajstić information content (AvgIpc) is 2.41. The standard InChI is InChI=1S/C15H17NO3S/c1-11-5-3-4-6-15(11)20(17,18)10-12-7-8-13(16)9-14(12)19-2/h3-9H,10,16H2,1-2H3. The van der Waals surface area contributed by atoms with E-state index in [1.807, 2.05) is 6.07 Å². The number of hydrogen-bond acceptors (Lipinski definition) is 4. The van der Waals surface area contributed by atoms with Crippen LogP contribution in [0.25, 0.3) is 0 Å². The number of rotatable bonds is 4. The molecular formula is C15H17NO3S. The minimum Gasteiger partial charge on any atom is -0.496 e. The molecule has 0 fully saturated rings.